The standard InChI is InChI=1S/C19H20N4/c1-12-8-16(11-21-10-12)15-6-5-14-4-3-7-19(17(14)9-15)22-13(2)18(20)23-19/h5-6,8-11H,3-4,7H2,1-2H3,(H2,20,23). The van der Waals surface area contributed by atoms with Crippen LogP contribution >= 0.6 is 0 Å². The second-order valence-corrected chi connectivity index (χ2v) is 6.49. The van der Waals surface area contributed by atoms with Gasteiger partial charge >= 0.3 is 0 Å². The highest BCUT2D eigenvalue weighted by molar-refractivity contribution is 6.41. The molecule has 0 radical (unpaired) electrons. The number of aromatic nitrogens is 1. The summed E-state index contributed by atoms with van der Waals surface area (Å²) in [5.74, 6) is 0.570. The lowest BCUT2D eigenvalue weighted by atomic mass is 9.82. The molecule has 1 aromatic carbocycles. The molecule has 2 N–H and O–H groups in total. The number of fused-ring (bicyclic) bond motifs is 2. The third kappa shape index (κ3) is 2.25. The van der Waals surface area contributed by atoms with E-state index in [9.17, 15) is 0 Å². The molecule has 1 spiro atoms. The summed E-state index contributed by atoms with van der Waals surface area (Å²) in [6, 6.07) is 8.77. The number of nitrogens with zero attached hydrogens (tertiary/aromatic N) is 3. The lowest BCUT2D eigenvalue weighted by molar-refractivity contribution is 0.400. The number of benzene rings is 1. The van der Waals surface area contributed by atoms with E-state index >= 15 is 0 Å². The molecule has 1 atom stereocenters. The Morgan fingerprint density at radius 1 is 1.04 bits per heavy atom. The molecule has 1 aliphatic carbocycles. The predicted octanol–water partition coefficient (Wildman–Crippen LogP) is 3.38. The van der Waals surface area contributed by atoms with E-state index < -0.39 is 5.66 Å². The summed E-state index contributed by atoms with van der Waals surface area (Å²) in [5.41, 5.74) is 12.3. The van der Waals surface area contributed by atoms with Crippen LogP contribution in [-0.2, 0) is 12.1 Å². The largest absolute Gasteiger partial charge is 0.382 e. The fourth-order valence-corrected chi connectivity index (χ4v) is 3.59. The Morgan fingerprint density at radius 3 is 2.65 bits per heavy atom. The summed E-state index contributed by atoms with van der Waals surface area (Å²) in [5, 5.41) is 0. The van der Waals surface area contributed by atoms with Crippen LogP contribution < -0.4 is 5.73 Å². The summed E-state index contributed by atoms with van der Waals surface area (Å²) in [7, 11) is 0. The monoisotopic (exact) mass is 304 g/mol. The van der Waals surface area contributed by atoms with Gasteiger partial charge in [0.2, 0.25) is 0 Å². The van der Waals surface area contributed by atoms with Crippen LogP contribution in [0.25, 0.3) is 11.1 Å². The van der Waals surface area contributed by atoms with Crippen LogP contribution in [0.2, 0.25) is 0 Å². The van der Waals surface area contributed by atoms with E-state index in [-0.39, 0.29) is 0 Å². The molecule has 0 bridgehead atoms. The quantitative estimate of drug-likeness (QED) is 0.878. The van der Waals surface area contributed by atoms with Gasteiger partial charge in [0.05, 0.1) is 5.71 Å². The van der Waals surface area contributed by atoms with Gasteiger partial charge in [0.25, 0.3) is 0 Å². The highest BCUT2D eigenvalue weighted by Crippen LogP contribution is 2.43. The van der Waals surface area contributed by atoms with Crippen molar-refractivity contribution in [3.8, 4) is 11.1 Å². The third-order valence-electron chi connectivity index (χ3n) is 4.75. The van der Waals surface area contributed by atoms with Crippen molar-refractivity contribution in [2.45, 2.75) is 38.8 Å². The molecule has 2 heterocycles. The second-order valence-electron chi connectivity index (χ2n) is 6.49. The zero-order valence-corrected chi connectivity index (χ0v) is 13.5. The number of amidine groups is 1. The zero-order valence-electron chi connectivity index (χ0n) is 13.5. The van der Waals surface area contributed by atoms with Crippen molar-refractivity contribution in [3.05, 3.63) is 53.3 Å². The molecule has 1 unspecified atom stereocenters. The molecule has 0 saturated heterocycles. The summed E-state index contributed by atoms with van der Waals surface area (Å²) in [4.78, 5) is 13.9. The number of aliphatic imine (C=N–C) groups is 2. The van der Waals surface area contributed by atoms with Crippen molar-refractivity contribution >= 4 is 11.5 Å². The Morgan fingerprint density at radius 2 is 1.91 bits per heavy atom. The van der Waals surface area contributed by atoms with Crippen molar-refractivity contribution in [2.75, 3.05) is 0 Å². The lowest BCUT2D eigenvalue weighted by Crippen LogP contribution is -2.26. The first-order chi connectivity index (χ1) is 11.1. The van der Waals surface area contributed by atoms with E-state index in [4.69, 9.17) is 15.7 Å². The molecule has 1 aromatic heterocycles. The minimum atomic E-state index is -0.505. The molecule has 0 amide bonds. The number of pyridine rings is 1. The first-order valence-corrected chi connectivity index (χ1v) is 8.05. The first-order valence-electron chi connectivity index (χ1n) is 8.05. The van der Waals surface area contributed by atoms with Gasteiger partial charge in [0.15, 0.2) is 5.66 Å². The van der Waals surface area contributed by atoms with Crippen molar-refractivity contribution in [1.29, 1.82) is 0 Å². The van der Waals surface area contributed by atoms with E-state index in [1.807, 2.05) is 19.3 Å². The van der Waals surface area contributed by atoms with Gasteiger partial charge < -0.3 is 5.73 Å². The topological polar surface area (TPSA) is 63.6 Å². The zero-order chi connectivity index (χ0) is 16.0. The van der Waals surface area contributed by atoms with Crippen LogP contribution in [-0.4, -0.2) is 16.5 Å². The summed E-state index contributed by atoms with van der Waals surface area (Å²) in [6.07, 6.45) is 6.87. The maximum atomic E-state index is 6.02. The van der Waals surface area contributed by atoms with Crippen molar-refractivity contribution < 1.29 is 0 Å². The molecule has 0 fully saturated rings. The van der Waals surface area contributed by atoms with Crippen LogP contribution in [0, 0.1) is 6.92 Å². The van der Waals surface area contributed by atoms with Crippen molar-refractivity contribution in [1.82, 2.24) is 4.98 Å². The van der Waals surface area contributed by atoms with Gasteiger partial charge in [0, 0.05) is 23.5 Å². The Balaban J connectivity index is 1.88. The number of aryl methyl sites for hydroxylation is 2. The molecule has 4 heteroatoms. The predicted molar refractivity (Wildman–Crippen MR) is 93.8 cm³/mol. The highest BCUT2D eigenvalue weighted by Gasteiger charge is 2.39. The third-order valence-corrected chi connectivity index (χ3v) is 4.75. The smallest absolute Gasteiger partial charge is 0.178 e. The molecule has 4 rings (SSSR count). The summed E-state index contributed by atoms with van der Waals surface area (Å²) < 4.78 is 0. The fourth-order valence-electron chi connectivity index (χ4n) is 3.59. The van der Waals surface area contributed by atoms with Gasteiger partial charge in [-0.1, -0.05) is 12.1 Å². The Labute approximate surface area is 136 Å². The van der Waals surface area contributed by atoms with Crippen LogP contribution in [0.3, 0.4) is 0 Å². The normalized spacial score (nSPS) is 22.7. The average Bonchev–Trinajstić information content (AvgIpc) is 2.82. The first kappa shape index (κ1) is 14.1. The molecular weight excluding hydrogens is 284 g/mol. The van der Waals surface area contributed by atoms with Crippen molar-refractivity contribution in [3.63, 3.8) is 0 Å². The van der Waals surface area contributed by atoms with E-state index in [0.29, 0.717) is 5.84 Å². The maximum Gasteiger partial charge on any atom is 0.178 e. The van der Waals surface area contributed by atoms with Crippen LogP contribution in [0.1, 0.15) is 36.5 Å². The molecule has 4 nitrogen and oxygen atoms in total. The average molecular weight is 304 g/mol. The number of hydrogen-bond donors (Lipinski definition) is 1. The summed E-state index contributed by atoms with van der Waals surface area (Å²) >= 11 is 0. The minimum absolute atomic E-state index is 0.505. The van der Waals surface area contributed by atoms with Gasteiger partial charge in [0.1, 0.15) is 5.84 Å². The van der Waals surface area contributed by atoms with Crippen LogP contribution in [0.15, 0.2) is 46.6 Å². The second kappa shape index (κ2) is 5.01. The molecule has 1 aliphatic heterocycles. The van der Waals surface area contributed by atoms with Gasteiger partial charge in [-0.15, -0.1) is 0 Å². The molecule has 116 valence electrons. The number of rotatable bonds is 1. The molecule has 2 aromatic rings. The Kier molecular flexibility index (Phi) is 3.08. The number of nitrogens with two attached hydrogens (primary N) is 1. The van der Waals surface area contributed by atoms with E-state index in [2.05, 4.69) is 36.2 Å². The minimum Gasteiger partial charge on any atom is -0.382 e. The molecular formula is C19H20N4. The lowest BCUT2D eigenvalue weighted by Gasteiger charge is -2.31. The molecule has 0 saturated carbocycles. The van der Waals surface area contributed by atoms with E-state index in [1.165, 1.54) is 11.1 Å². The Hall–Kier alpha value is -2.49. The Bertz CT molecular complexity index is 830. The van der Waals surface area contributed by atoms with Gasteiger partial charge in [-0.3, -0.25) is 9.98 Å². The fraction of sp³-hybridized carbons (Fsp3) is 0.316. The van der Waals surface area contributed by atoms with Gasteiger partial charge in [-0.25, -0.2) is 4.99 Å². The molecule has 2 aliphatic rings. The highest BCUT2D eigenvalue weighted by atomic mass is 15.2. The van der Waals surface area contributed by atoms with Crippen molar-refractivity contribution in [2.24, 2.45) is 15.7 Å². The molecule has 23 heavy (non-hydrogen) atoms. The van der Waals surface area contributed by atoms with Gasteiger partial charge in [-0.05, 0) is 61.9 Å². The van der Waals surface area contributed by atoms with E-state index in [1.54, 1.807) is 0 Å². The SMILES string of the molecule is CC1=NC2(CCCc3ccc(-c4cncc(C)c4)cc32)N=C1N. The van der Waals surface area contributed by atoms with E-state index in [0.717, 1.165) is 41.7 Å². The maximum absolute atomic E-state index is 6.02. The van der Waals surface area contributed by atoms with Crippen LogP contribution in [0.4, 0.5) is 0 Å². The number of hydrogen-bond acceptors (Lipinski definition) is 4. The van der Waals surface area contributed by atoms with Crippen LogP contribution in [0.5, 0.6) is 0 Å². The summed E-state index contributed by atoms with van der Waals surface area (Å²) in [6.45, 7) is 4.00. The van der Waals surface area contributed by atoms with Gasteiger partial charge in [-0.2, -0.15) is 0 Å².